The second-order valence-electron chi connectivity index (χ2n) is 6.50. The molecule has 24 heavy (non-hydrogen) atoms. The van der Waals surface area contributed by atoms with Gasteiger partial charge in [-0.2, -0.15) is 0 Å². The van der Waals surface area contributed by atoms with Crippen LogP contribution in [-0.4, -0.2) is 42.3 Å². The lowest BCUT2D eigenvalue weighted by molar-refractivity contribution is -0.139. The number of hydrogen-bond acceptors (Lipinski definition) is 4. The molecule has 0 radical (unpaired) electrons. The van der Waals surface area contributed by atoms with Gasteiger partial charge in [0, 0.05) is 18.4 Å². The van der Waals surface area contributed by atoms with E-state index in [2.05, 4.69) is 5.32 Å². The Morgan fingerprint density at radius 3 is 2.42 bits per heavy atom. The minimum atomic E-state index is -0.977. The minimum Gasteiger partial charge on any atom is -0.490 e. The number of nitrogens with one attached hydrogen (secondary N) is 1. The summed E-state index contributed by atoms with van der Waals surface area (Å²) < 4.78 is 11.2. The predicted octanol–water partition coefficient (Wildman–Crippen LogP) is 2.23. The van der Waals surface area contributed by atoms with Gasteiger partial charge >= 0.3 is 5.97 Å². The molecular weight excluding hydrogens is 310 g/mol. The van der Waals surface area contributed by atoms with E-state index in [-0.39, 0.29) is 12.0 Å². The molecule has 1 saturated heterocycles. The topological polar surface area (TPSA) is 84.9 Å². The second-order valence-corrected chi connectivity index (χ2v) is 6.50. The van der Waals surface area contributed by atoms with E-state index in [0.29, 0.717) is 36.9 Å². The van der Waals surface area contributed by atoms with Crippen LogP contribution in [0, 0.1) is 5.92 Å². The number of aliphatic carboxylic acids is 1. The van der Waals surface area contributed by atoms with Crippen molar-refractivity contribution in [2.24, 2.45) is 5.92 Å². The molecule has 0 spiro atoms. The van der Waals surface area contributed by atoms with Crippen molar-refractivity contribution in [3.8, 4) is 5.75 Å². The Labute approximate surface area is 141 Å². The summed E-state index contributed by atoms with van der Waals surface area (Å²) >= 11 is 0. The van der Waals surface area contributed by atoms with Crippen LogP contribution in [0.15, 0.2) is 24.3 Å². The zero-order valence-corrected chi connectivity index (χ0v) is 13.6. The van der Waals surface area contributed by atoms with Crippen molar-refractivity contribution in [2.45, 2.75) is 44.2 Å². The molecule has 0 aromatic heterocycles. The van der Waals surface area contributed by atoms with Crippen molar-refractivity contribution >= 4 is 11.9 Å². The van der Waals surface area contributed by atoms with Crippen LogP contribution in [0.4, 0.5) is 0 Å². The van der Waals surface area contributed by atoms with Gasteiger partial charge in [-0.1, -0.05) is 12.8 Å². The molecule has 1 aliphatic heterocycles. The van der Waals surface area contributed by atoms with Crippen LogP contribution in [0.25, 0.3) is 0 Å². The lowest BCUT2D eigenvalue weighted by atomic mass is 10.1. The Morgan fingerprint density at radius 1 is 1.17 bits per heavy atom. The van der Waals surface area contributed by atoms with Gasteiger partial charge < -0.3 is 19.9 Å². The maximum absolute atomic E-state index is 12.2. The van der Waals surface area contributed by atoms with Gasteiger partial charge in [0.1, 0.15) is 17.9 Å². The Hall–Kier alpha value is -2.08. The molecule has 1 unspecified atom stereocenters. The van der Waals surface area contributed by atoms with Crippen molar-refractivity contribution < 1.29 is 24.2 Å². The fraction of sp³-hybridized carbons (Fsp3) is 0.556. The van der Waals surface area contributed by atoms with Crippen LogP contribution >= 0.6 is 0 Å². The van der Waals surface area contributed by atoms with E-state index >= 15 is 0 Å². The van der Waals surface area contributed by atoms with Crippen LogP contribution < -0.4 is 10.1 Å². The minimum absolute atomic E-state index is 0.147. The number of hydrogen-bond donors (Lipinski definition) is 2. The van der Waals surface area contributed by atoms with Crippen molar-refractivity contribution in [3.63, 3.8) is 0 Å². The van der Waals surface area contributed by atoms with Crippen LogP contribution in [-0.2, 0) is 9.53 Å². The molecule has 6 nitrogen and oxygen atoms in total. The number of carbonyl (C=O) groups is 2. The molecule has 1 amide bonds. The van der Waals surface area contributed by atoms with Crippen molar-refractivity contribution in [1.29, 1.82) is 0 Å². The first kappa shape index (κ1) is 16.8. The molecule has 2 N–H and O–H groups in total. The lowest BCUT2D eigenvalue weighted by Crippen LogP contribution is -2.41. The van der Waals surface area contributed by atoms with Gasteiger partial charge in [-0.25, -0.2) is 4.79 Å². The summed E-state index contributed by atoms with van der Waals surface area (Å²) in [5.41, 5.74) is 0.441. The van der Waals surface area contributed by atoms with Crippen molar-refractivity contribution in [1.82, 2.24) is 5.32 Å². The lowest BCUT2D eigenvalue weighted by Gasteiger charge is -2.23. The van der Waals surface area contributed by atoms with Crippen LogP contribution in [0.2, 0.25) is 0 Å². The molecule has 1 aromatic rings. The highest BCUT2D eigenvalue weighted by molar-refractivity contribution is 5.96. The first-order valence-electron chi connectivity index (χ1n) is 8.50. The van der Waals surface area contributed by atoms with E-state index < -0.39 is 12.0 Å². The summed E-state index contributed by atoms with van der Waals surface area (Å²) in [7, 11) is 0. The summed E-state index contributed by atoms with van der Waals surface area (Å²) in [5, 5.41) is 11.8. The molecule has 1 atom stereocenters. The Balaban J connectivity index is 1.55. The Bertz CT molecular complexity index is 576. The van der Waals surface area contributed by atoms with Crippen LogP contribution in [0.1, 0.15) is 42.5 Å². The molecule has 0 bridgehead atoms. The second kappa shape index (κ2) is 7.66. The van der Waals surface area contributed by atoms with Gasteiger partial charge in [0.25, 0.3) is 5.91 Å². The van der Waals surface area contributed by atoms with Crippen LogP contribution in [0.5, 0.6) is 5.75 Å². The first-order chi connectivity index (χ1) is 11.6. The number of rotatable bonds is 7. The fourth-order valence-corrected chi connectivity index (χ4v) is 2.82. The van der Waals surface area contributed by atoms with Gasteiger partial charge in [0.2, 0.25) is 0 Å². The fourth-order valence-electron chi connectivity index (χ4n) is 2.82. The zero-order valence-electron chi connectivity index (χ0n) is 13.6. The molecule has 1 aromatic carbocycles. The third-order valence-electron chi connectivity index (χ3n) is 4.46. The van der Waals surface area contributed by atoms with E-state index in [9.17, 15) is 14.7 Å². The highest BCUT2D eigenvalue weighted by atomic mass is 16.5. The Morgan fingerprint density at radius 2 is 1.83 bits per heavy atom. The molecule has 1 heterocycles. The molecule has 2 aliphatic rings. The van der Waals surface area contributed by atoms with E-state index in [0.717, 1.165) is 25.7 Å². The standard InChI is InChI=1S/C18H23NO5/c20-17(19-16(18(21)22)11-12-1-2-12)13-3-5-14(6-4-13)24-15-7-9-23-10-8-15/h3-6,12,15-16H,1-2,7-11H2,(H,19,20)(H,21,22). The largest absolute Gasteiger partial charge is 0.490 e. The summed E-state index contributed by atoms with van der Waals surface area (Å²) in [4.78, 5) is 23.5. The van der Waals surface area contributed by atoms with Crippen LogP contribution in [0.3, 0.4) is 0 Å². The van der Waals surface area contributed by atoms with Crippen molar-refractivity contribution in [3.05, 3.63) is 29.8 Å². The van der Waals surface area contributed by atoms with Crippen molar-refractivity contribution in [2.75, 3.05) is 13.2 Å². The molecule has 1 aliphatic carbocycles. The smallest absolute Gasteiger partial charge is 0.326 e. The quantitative estimate of drug-likeness (QED) is 0.799. The molecule has 1 saturated carbocycles. The number of carbonyl (C=O) groups excluding carboxylic acids is 1. The molecule has 6 heteroatoms. The van der Waals surface area contributed by atoms with E-state index in [1.54, 1.807) is 24.3 Å². The predicted molar refractivity (Wildman–Crippen MR) is 87.1 cm³/mol. The number of benzene rings is 1. The van der Waals surface area contributed by atoms with Gasteiger partial charge in [-0.05, 0) is 36.6 Å². The summed E-state index contributed by atoms with van der Waals surface area (Å²) in [5.74, 6) is -0.191. The number of carboxylic acids is 1. The average molecular weight is 333 g/mol. The summed E-state index contributed by atoms with van der Waals surface area (Å²) in [6, 6.07) is 6.02. The normalized spacial score (nSPS) is 19.5. The molecule has 2 fully saturated rings. The highest BCUT2D eigenvalue weighted by Crippen LogP contribution is 2.33. The van der Waals surface area contributed by atoms with Gasteiger partial charge in [-0.15, -0.1) is 0 Å². The number of carboxylic acid groups (broad SMARTS) is 1. The van der Waals surface area contributed by atoms with Gasteiger partial charge in [-0.3, -0.25) is 4.79 Å². The number of ether oxygens (including phenoxy) is 2. The van der Waals surface area contributed by atoms with E-state index in [1.165, 1.54) is 0 Å². The van der Waals surface area contributed by atoms with Gasteiger partial charge in [0.05, 0.1) is 13.2 Å². The molecular formula is C18H23NO5. The highest BCUT2D eigenvalue weighted by Gasteiger charge is 2.30. The third kappa shape index (κ3) is 4.71. The third-order valence-corrected chi connectivity index (χ3v) is 4.46. The maximum atomic E-state index is 12.2. The average Bonchev–Trinajstić information content (AvgIpc) is 3.40. The van der Waals surface area contributed by atoms with E-state index in [4.69, 9.17) is 9.47 Å². The SMILES string of the molecule is O=C(NC(CC1CC1)C(=O)O)c1ccc(OC2CCOCC2)cc1. The molecule has 3 rings (SSSR count). The van der Waals surface area contributed by atoms with E-state index in [1.807, 2.05) is 0 Å². The summed E-state index contributed by atoms with van der Waals surface area (Å²) in [6.45, 7) is 1.42. The Kier molecular flexibility index (Phi) is 5.35. The first-order valence-corrected chi connectivity index (χ1v) is 8.50. The zero-order chi connectivity index (χ0) is 16.9. The maximum Gasteiger partial charge on any atom is 0.326 e. The monoisotopic (exact) mass is 333 g/mol. The molecule has 130 valence electrons. The van der Waals surface area contributed by atoms with Gasteiger partial charge in [0.15, 0.2) is 0 Å². The summed E-state index contributed by atoms with van der Waals surface area (Å²) in [6.07, 6.45) is 4.49. The number of amides is 1.